The second kappa shape index (κ2) is 7.99. The molecule has 1 nitrogen and oxygen atoms in total. The SMILES string of the molecule is CNC(Cc1cccc(F)c1Cl)CC1CCCCCC1. The summed E-state index contributed by atoms with van der Waals surface area (Å²) in [5.41, 5.74) is 0.916. The average molecular weight is 298 g/mol. The van der Waals surface area contributed by atoms with E-state index < -0.39 is 0 Å². The van der Waals surface area contributed by atoms with Crippen LogP contribution in [0, 0.1) is 11.7 Å². The number of halogens is 2. The van der Waals surface area contributed by atoms with E-state index in [0.717, 1.165) is 17.9 Å². The van der Waals surface area contributed by atoms with Crippen molar-refractivity contribution < 1.29 is 4.39 Å². The summed E-state index contributed by atoms with van der Waals surface area (Å²) in [7, 11) is 1.99. The van der Waals surface area contributed by atoms with Gasteiger partial charge in [0, 0.05) is 6.04 Å². The first-order chi connectivity index (χ1) is 9.70. The van der Waals surface area contributed by atoms with Crippen molar-refractivity contribution in [2.24, 2.45) is 5.92 Å². The number of rotatable bonds is 5. The molecule has 112 valence electrons. The van der Waals surface area contributed by atoms with Crippen LogP contribution in [0.5, 0.6) is 0 Å². The minimum absolute atomic E-state index is 0.286. The lowest BCUT2D eigenvalue weighted by molar-refractivity contribution is 0.361. The van der Waals surface area contributed by atoms with Crippen LogP contribution in [0.3, 0.4) is 0 Å². The third-order valence-electron chi connectivity index (χ3n) is 4.50. The maximum atomic E-state index is 13.5. The molecule has 0 aliphatic heterocycles. The van der Waals surface area contributed by atoms with Crippen molar-refractivity contribution in [1.82, 2.24) is 5.32 Å². The highest BCUT2D eigenvalue weighted by Gasteiger charge is 2.18. The average Bonchev–Trinajstić information content (AvgIpc) is 2.71. The fraction of sp³-hybridized carbons (Fsp3) is 0.647. The zero-order chi connectivity index (χ0) is 14.4. The highest BCUT2D eigenvalue weighted by atomic mass is 35.5. The summed E-state index contributed by atoms with van der Waals surface area (Å²) in [5, 5.41) is 3.67. The summed E-state index contributed by atoms with van der Waals surface area (Å²) in [6.07, 6.45) is 10.2. The molecule has 1 N–H and O–H groups in total. The van der Waals surface area contributed by atoms with Gasteiger partial charge in [-0.1, -0.05) is 62.3 Å². The maximum absolute atomic E-state index is 13.5. The number of nitrogens with one attached hydrogen (secondary N) is 1. The Balaban J connectivity index is 1.95. The van der Waals surface area contributed by atoms with Gasteiger partial charge in [-0.05, 0) is 37.4 Å². The lowest BCUT2D eigenvalue weighted by atomic mass is 9.90. The summed E-state index contributed by atoms with van der Waals surface area (Å²) >= 11 is 6.06. The Morgan fingerprint density at radius 3 is 2.60 bits per heavy atom. The number of benzene rings is 1. The molecule has 0 bridgehead atoms. The molecule has 0 heterocycles. The normalized spacial score (nSPS) is 18.8. The van der Waals surface area contributed by atoms with Crippen molar-refractivity contribution >= 4 is 11.6 Å². The van der Waals surface area contributed by atoms with Gasteiger partial charge in [-0.3, -0.25) is 0 Å². The van der Waals surface area contributed by atoms with E-state index >= 15 is 0 Å². The van der Waals surface area contributed by atoms with E-state index in [4.69, 9.17) is 11.6 Å². The van der Waals surface area contributed by atoms with Crippen molar-refractivity contribution in [3.05, 3.63) is 34.6 Å². The van der Waals surface area contributed by atoms with Crippen molar-refractivity contribution in [2.75, 3.05) is 7.05 Å². The molecule has 1 unspecified atom stereocenters. The molecule has 0 saturated heterocycles. The van der Waals surface area contributed by atoms with Crippen LogP contribution in [-0.4, -0.2) is 13.1 Å². The molecule has 20 heavy (non-hydrogen) atoms. The quantitative estimate of drug-likeness (QED) is 0.757. The Morgan fingerprint density at radius 1 is 1.25 bits per heavy atom. The van der Waals surface area contributed by atoms with Gasteiger partial charge in [0.2, 0.25) is 0 Å². The first-order valence-electron chi connectivity index (χ1n) is 7.81. The molecular formula is C17H25ClFN. The van der Waals surface area contributed by atoms with E-state index in [1.165, 1.54) is 51.0 Å². The minimum atomic E-state index is -0.312. The third-order valence-corrected chi connectivity index (χ3v) is 4.92. The van der Waals surface area contributed by atoms with Crippen LogP contribution in [-0.2, 0) is 6.42 Å². The summed E-state index contributed by atoms with van der Waals surface area (Å²) in [4.78, 5) is 0. The molecule has 0 amide bonds. The molecule has 1 atom stereocenters. The van der Waals surface area contributed by atoms with E-state index in [-0.39, 0.29) is 10.8 Å². The molecule has 0 radical (unpaired) electrons. The Bertz CT molecular complexity index is 413. The first-order valence-corrected chi connectivity index (χ1v) is 8.18. The van der Waals surface area contributed by atoms with Crippen molar-refractivity contribution in [3.8, 4) is 0 Å². The molecule has 0 spiro atoms. The summed E-state index contributed by atoms with van der Waals surface area (Å²) in [5.74, 6) is 0.496. The van der Waals surface area contributed by atoms with Crippen LogP contribution in [0.15, 0.2) is 18.2 Å². The topological polar surface area (TPSA) is 12.0 Å². The van der Waals surface area contributed by atoms with Crippen LogP contribution in [0.1, 0.15) is 50.5 Å². The van der Waals surface area contributed by atoms with E-state index in [1.54, 1.807) is 6.07 Å². The molecule has 1 aliphatic carbocycles. The Hall–Kier alpha value is -0.600. The lowest BCUT2D eigenvalue weighted by Crippen LogP contribution is -2.30. The number of likely N-dealkylation sites (N-methyl/N-ethyl adjacent to an activating group) is 1. The molecule has 1 fully saturated rings. The smallest absolute Gasteiger partial charge is 0.142 e. The molecule has 1 aromatic carbocycles. The van der Waals surface area contributed by atoms with E-state index in [1.807, 2.05) is 13.1 Å². The standard InChI is InChI=1S/C17H25ClFN/c1-20-15(11-13-7-4-2-3-5-8-13)12-14-9-6-10-16(19)17(14)18/h6,9-10,13,15,20H,2-5,7-8,11-12H2,1H3. The second-order valence-electron chi connectivity index (χ2n) is 6.00. The van der Waals surface area contributed by atoms with E-state index in [9.17, 15) is 4.39 Å². The van der Waals surface area contributed by atoms with Gasteiger partial charge in [0.1, 0.15) is 5.82 Å². The van der Waals surface area contributed by atoms with Crippen LogP contribution in [0.25, 0.3) is 0 Å². The number of hydrogen-bond acceptors (Lipinski definition) is 1. The zero-order valence-electron chi connectivity index (χ0n) is 12.3. The van der Waals surface area contributed by atoms with Gasteiger partial charge in [-0.2, -0.15) is 0 Å². The van der Waals surface area contributed by atoms with Gasteiger partial charge >= 0.3 is 0 Å². The van der Waals surface area contributed by atoms with Crippen LogP contribution in [0.4, 0.5) is 4.39 Å². The highest BCUT2D eigenvalue weighted by molar-refractivity contribution is 6.31. The van der Waals surface area contributed by atoms with Crippen LogP contribution < -0.4 is 5.32 Å². The lowest BCUT2D eigenvalue weighted by Gasteiger charge is -2.23. The Kier molecular flexibility index (Phi) is 6.31. The van der Waals surface area contributed by atoms with Crippen LogP contribution in [0.2, 0.25) is 5.02 Å². The third kappa shape index (κ3) is 4.46. The molecular weight excluding hydrogens is 273 g/mol. The molecule has 1 aliphatic rings. The van der Waals surface area contributed by atoms with Gasteiger partial charge in [0.05, 0.1) is 5.02 Å². The predicted molar refractivity (Wildman–Crippen MR) is 83.8 cm³/mol. The Morgan fingerprint density at radius 2 is 1.95 bits per heavy atom. The molecule has 3 heteroatoms. The zero-order valence-corrected chi connectivity index (χ0v) is 13.1. The first kappa shape index (κ1) is 15.8. The van der Waals surface area contributed by atoms with Gasteiger partial charge in [-0.25, -0.2) is 4.39 Å². The maximum Gasteiger partial charge on any atom is 0.142 e. The van der Waals surface area contributed by atoms with E-state index in [2.05, 4.69) is 5.32 Å². The van der Waals surface area contributed by atoms with Crippen LogP contribution >= 0.6 is 11.6 Å². The number of hydrogen-bond donors (Lipinski definition) is 1. The Labute approximate surface area is 126 Å². The molecule has 1 saturated carbocycles. The fourth-order valence-corrected chi connectivity index (χ4v) is 3.48. The van der Waals surface area contributed by atoms with Gasteiger partial charge in [-0.15, -0.1) is 0 Å². The second-order valence-corrected chi connectivity index (χ2v) is 6.37. The van der Waals surface area contributed by atoms with Crippen molar-refractivity contribution in [3.63, 3.8) is 0 Å². The summed E-state index contributed by atoms with van der Waals surface area (Å²) < 4.78 is 13.5. The molecule has 2 rings (SSSR count). The molecule has 0 aromatic heterocycles. The largest absolute Gasteiger partial charge is 0.317 e. The van der Waals surface area contributed by atoms with Crippen molar-refractivity contribution in [2.45, 2.75) is 57.4 Å². The predicted octanol–water partition coefficient (Wildman–Crippen LogP) is 4.97. The van der Waals surface area contributed by atoms with Crippen molar-refractivity contribution in [1.29, 1.82) is 0 Å². The summed E-state index contributed by atoms with van der Waals surface area (Å²) in [6.45, 7) is 0. The minimum Gasteiger partial charge on any atom is -0.317 e. The monoisotopic (exact) mass is 297 g/mol. The van der Waals surface area contributed by atoms with Gasteiger partial charge in [0.25, 0.3) is 0 Å². The van der Waals surface area contributed by atoms with Gasteiger partial charge < -0.3 is 5.32 Å². The summed E-state index contributed by atoms with van der Waals surface area (Å²) in [6, 6.07) is 5.49. The molecule has 1 aromatic rings. The fourth-order valence-electron chi connectivity index (χ4n) is 3.28. The van der Waals surface area contributed by atoms with E-state index in [0.29, 0.717) is 6.04 Å². The highest BCUT2D eigenvalue weighted by Crippen LogP contribution is 2.28. The van der Waals surface area contributed by atoms with Gasteiger partial charge in [0.15, 0.2) is 0 Å².